The average molecular weight is 437 g/mol. The van der Waals surface area contributed by atoms with E-state index in [1.807, 2.05) is 36.4 Å². The van der Waals surface area contributed by atoms with Crippen molar-refractivity contribution in [3.05, 3.63) is 81.1 Å². The minimum absolute atomic E-state index is 0.0518. The Morgan fingerprint density at radius 2 is 0.969 bits per heavy atom. The van der Waals surface area contributed by atoms with Crippen molar-refractivity contribution in [3.8, 4) is 0 Å². The predicted octanol–water partition coefficient (Wildman–Crippen LogP) is 0.712. The van der Waals surface area contributed by atoms with E-state index in [1.165, 1.54) is 0 Å². The van der Waals surface area contributed by atoms with Gasteiger partial charge in [-0.15, -0.1) is 0 Å². The molecule has 2 fully saturated rings. The summed E-state index contributed by atoms with van der Waals surface area (Å²) in [5, 5.41) is 10.7. The van der Waals surface area contributed by atoms with Crippen LogP contribution < -0.4 is 20.7 Å². The molecule has 2 aromatic rings. The van der Waals surface area contributed by atoms with Crippen LogP contribution in [-0.4, -0.2) is 86.5 Å². The second-order valence-electron chi connectivity index (χ2n) is 8.55. The number of aliphatic hydroxyl groups is 1. The highest BCUT2D eigenvalue weighted by Crippen LogP contribution is 2.13. The minimum atomic E-state index is -0.415. The van der Waals surface area contributed by atoms with Gasteiger partial charge in [0.15, 0.2) is 0 Å². The molecule has 0 spiro atoms. The quantitative estimate of drug-likeness (QED) is 0.716. The molecule has 0 amide bonds. The fraction of sp³-hybridized carbons (Fsp3) is 0.440. The van der Waals surface area contributed by atoms with Gasteiger partial charge in [0.1, 0.15) is 0 Å². The van der Waals surface area contributed by atoms with Crippen LogP contribution in [0.1, 0.15) is 0 Å². The van der Waals surface area contributed by atoms with Crippen molar-refractivity contribution >= 4 is 11.4 Å². The Morgan fingerprint density at radius 1 is 0.594 bits per heavy atom. The fourth-order valence-electron chi connectivity index (χ4n) is 4.56. The minimum Gasteiger partial charge on any atom is -0.390 e. The molecule has 0 atom stereocenters. The maximum atomic E-state index is 12.2. The molecular weight excluding hydrogens is 404 g/mol. The zero-order valence-electron chi connectivity index (χ0n) is 18.5. The first-order valence-electron chi connectivity index (χ1n) is 11.4. The van der Waals surface area contributed by atoms with Crippen LogP contribution in [0, 0.1) is 0 Å². The summed E-state index contributed by atoms with van der Waals surface area (Å²) in [6.07, 6.45) is -0.415. The monoisotopic (exact) mass is 436 g/mol. The van der Waals surface area contributed by atoms with Gasteiger partial charge < -0.3 is 14.9 Å². The fourth-order valence-corrected chi connectivity index (χ4v) is 4.56. The van der Waals surface area contributed by atoms with E-state index in [0.717, 1.165) is 63.7 Å². The molecule has 2 saturated heterocycles. The lowest BCUT2D eigenvalue weighted by atomic mass is 10.2. The number of rotatable bonds is 6. The standard InChI is InChI=1S/C25H32N4O3/c30-21(19-26-11-15-28(16-12-26)22-7-3-1-5-9-24(22)31)20-27-13-17-29(18-14-27)23-8-4-2-6-10-25(23)32/h1-10,21,30H,11-20H2. The maximum absolute atomic E-state index is 12.2. The van der Waals surface area contributed by atoms with Crippen LogP contribution in [0.3, 0.4) is 0 Å². The van der Waals surface area contributed by atoms with Crippen LogP contribution in [0.2, 0.25) is 0 Å². The topological polar surface area (TPSA) is 67.3 Å². The van der Waals surface area contributed by atoms with Crippen molar-refractivity contribution in [1.29, 1.82) is 0 Å². The molecular formula is C25H32N4O3. The van der Waals surface area contributed by atoms with Crippen LogP contribution in [0.15, 0.2) is 70.3 Å². The number of β-amino-alcohol motifs (C(OH)–C–C–N with tert-alkyl or cyclic N) is 1. The molecule has 1 N–H and O–H groups in total. The highest BCUT2D eigenvalue weighted by molar-refractivity contribution is 5.46. The van der Waals surface area contributed by atoms with Crippen molar-refractivity contribution in [2.24, 2.45) is 0 Å². The first-order chi connectivity index (χ1) is 15.6. The number of anilines is 2. The molecule has 2 aromatic carbocycles. The van der Waals surface area contributed by atoms with E-state index in [2.05, 4.69) is 19.6 Å². The van der Waals surface area contributed by atoms with Crippen LogP contribution in [0.4, 0.5) is 11.4 Å². The van der Waals surface area contributed by atoms with Gasteiger partial charge >= 0.3 is 0 Å². The molecule has 170 valence electrons. The van der Waals surface area contributed by atoms with Crippen molar-refractivity contribution in [1.82, 2.24) is 9.80 Å². The van der Waals surface area contributed by atoms with E-state index in [-0.39, 0.29) is 10.9 Å². The zero-order chi connectivity index (χ0) is 22.3. The summed E-state index contributed by atoms with van der Waals surface area (Å²) in [5.74, 6) is 0. The lowest BCUT2D eigenvalue weighted by Crippen LogP contribution is -2.53. The van der Waals surface area contributed by atoms with Crippen molar-refractivity contribution in [3.63, 3.8) is 0 Å². The molecule has 7 nitrogen and oxygen atoms in total. The highest BCUT2D eigenvalue weighted by Gasteiger charge is 2.24. The summed E-state index contributed by atoms with van der Waals surface area (Å²) in [6.45, 7) is 7.77. The van der Waals surface area contributed by atoms with E-state index < -0.39 is 6.10 Å². The number of aliphatic hydroxyl groups excluding tert-OH is 1. The Labute approximate surface area is 189 Å². The normalized spacial score (nSPS) is 18.2. The first kappa shape index (κ1) is 22.5. The lowest BCUT2D eigenvalue weighted by Gasteiger charge is -2.39. The van der Waals surface area contributed by atoms with E-state index >= 15 is 0 Å². The zero-order valence-corrected chi connectivity index (χ0v) is 18.5. The van der Waals surface area contributed by atoms with Gasteiger partial charge in [-0.3, -0.25) is 19.4 Å². The first-order valence-corrected chi connectivity index (χ1v) is 11.4. The molecule has 2 aliphatic heterocycles. The number of piperazine rings is 2. The Balaban J connectivity index is 1.22. The summed E-state index contributed by atoms with van der Waals surface area (Å²) < 4.78 is 0. The van der Waals surface area contributed by atoms with Gasteiger partial charge in [-0.25, -0.2) is 0 Å². The van der Waals surface area contributed by atoms with Crippen LogP contribution in [-0.2, 0) is 0 Å². The number of hydrogen-bond acceptors (Lipinski definition) is 7. The molecule has 0 aliphatic carbocycles. The smallest absolute Gasteiger partial charge is 0.201 e. The third kappa shape index (κ3) is 5.73. The second-order valence-corrected chi connectivity index (χ2v) is 8.55. The van der Waals surface area contributed by atoms with Crippen molar-refractivity contribution < 1.29 is 5.11 Å². The highest BCUT2D eigenvalue weighted by atomic mass is 16.3. The molecule has 0 bridgehead atoms. The predicted molar refractivity (Wildman–Crippen MR) is 129 cm³/mol. The van der Waals surface area contributed by atoms with E-state index in [1.54, 1.807) is 24.3 Å². The van der Waals surface area contributed by atoms with E-state index in [0.29, 0.717) is 13.1 Å². The van der Waals surface area contributed by atoms with Gasteiger partial charge in [0.2, 0.25) is 10.9 Å². The molecule has 0 aromatic heterocycles. The summed E-state index contributed by atoms with van der Waals surface area (Å²) in [7, 11) is 0. The van der Waals surface area contributed by atoms with Crippen molar-refractivity contribution in [2.45, 2.75) is 6.10 Å². The van der Waals surface area contributed by atoms with Gasteiger partial charge in [0.05, 0.1) is 17.5 Å². The number of hydrogen-bond donors (Lipinski definition) is 1. The largest absolute Gasteiger partial charge is 0.390 e. The van der Waals surface area contributed by atoms with Gasteiger partial charge in [-0.05, 0) is 24.3 Å². The molecule has 0 unspecified atom stereocenters. The molecule has 7 heteroatoms. The van der Waals surface area contributed by atoms with Crippen LogP contribution in [0.25, 0.3) is 0 Å². The Hall–Kier alpha value is -2.74. The SMILES string of the molecule is O=c1cccccc1N1CCN(CC(O)CN2CCN(c3cccccc3=O)CC2)CC1. The molecule has 32 heavy (non-hydrogen) atoms. The molecule has 0 saturated carbocycles. The van der Waals surface area contributed by atoms with Gasteiger partial charge in [0, 0.05) is 65.4 Å². The summed E-state index contributed by atoms with van der Waals surface area (Å²) in [4.78, 5) is 33.3. The maximum Gasteiger partial charge on any atom is 0.201 e. The number of nitrogens with zero attached hydrogens (tertiary/aromatic N) is 4. The average Bonchev–Trinajstić information content (AvgIpc) is 3.14. The summed E-state index contributed by atoms with van der Waals surface area (Å²) in [5.41, 5.74) is 1.61. The van der Waals surface area contributed by atoms with Gasteiger partial charge in [-0.2, -0.15) is 0 Å². The summed E-state index contributed by atoms with van der Waals surface area (Å²) >= 11 is 0. The van der Waals surface area contributed by atoms with Crippen LogP contribution >= 0.6 is 0 Å². The Morgan fingerprint density at radius 3 is 1.38 bits per heavy atom. The Kier molecular flexibility index (Phi) is 7.52. The Bertz CT molecular complexity index is 921. The van der Waals surface area contributed by atoms with Gasteiger partial charge in [-0.1, -0.05) is 36.4 Å². The third-order valence-electron chi connectivity index (χ3n) is 6.32. The third-order valence-corrected chi connectivity index (χ3v) is 6.32. The van der Waals surface area contributed by atoms with E-state index in [4.69, 9.17) is 0 Å². The molecule has 2 heterocycles. The lowest BCUT2D eigenvalue weighted by molar-refractivity contribution is 0.0697. The molecule has 4 rings (SSSR count). The second kappa shape index (κ2) is 10.7. The molecule has 2 aliphatic rings. The summed E-state index contributed by atoms with van der Waals surface area (Å²) in [6, 6.07) is 18.1. The van der Waals surface area contributed by atoms with Crippen molar-refractivity contribution in [2.75, 3.05) is 75.2 Å². The van der Waals surface area contributed by atoms with Crippen LogP contribution in [0.5, 0.6) is 0 Å². The molecule has 0 radical (unpaired) electrons. The van der Waals surface area contributed by atoms with Gasteiger partial charge in [0.25, 0.3) is 0 Å². The van der Waals surface area contributed by atoms with E-state index in [9.17, 15) is 14.7 Å².